The van der Waals surface area contributed by atoms with Gasteiger partial charge in [-0.1, -0.05) is 42.1 Å². The SMILES string of the molecule is O=S(=O)(Nc1ncns1)C1=CC2=C(C#CC1)[C@@H](N1CCCC[C@@H]1C1=CC=CCC1)CC2. The summed E-state index contributed by atoms with van der Waals surface area (Å²) in [6, 6.07) is 0.765. The lowest BCUT2D eigenvalue weighted by Gasteiger charge is -2.42. The maximum Gasteiger partial charge on any atom is 0.260 e. The van der Waals surface area contributed by atoms with Gasteiger partial charge in [-0.3, -0.25) is 9.62 Å². The lowest BCUT2D eigenvalue weighted by molar-refractivity contribution is 0.132. The zero-order valence-corrected chi connectivity index (χ0v) is 19.0. The van der Waals surface area contributed by atoms with Gasteiger partial charge in [0, 0.05) is 35.6 Å². The maximum absolute atomic E-state index is 12.9. The first kappa shape index (κ1) is 20.7. The highest BCUT2D eigenvalue weighted by atomic mass is 32.2. The molecule has 0 radical (unpaired) electrons. The van der Waals surface area contributed by atoms with Crippen molar-refractivity contribution in [2.75, 3.05) is 11.3 Å². The van der Waals surface area contributed by atoms with E-state index in [1.165, 1.54) is 31.2 Å². The topological polar surface area (TPSA) is 75.2 Å². The van der Waals surface area contributed by atoms with Gasteiger partial charge in [-0.05, 0) is 56.7 Å². The lowest BCUT2D eigenvalue weighted by Crippen LogP contribution is -2.47. The largest absolute Gasteiger partial charge is 0.289 e. The van der Waals surface area contributed by atoms with Gasteiger partial charge in [0.2, 0.25) is 5.13 Å². The second kappa shape index (κ2) is 8.73. The van der Waals surface area contributed by atoms with Crippen molar-refractivity contribution in [3.63, 3.8) is 0 Å². The van der Waals surface area contributed by atoms with E-state index < -0.39 is 10.0 Å². The molecule has 0 aromatic carbocycles. The number of nitrogens with one attached hydrogen (secondary N) is 1. The first-order chi connectivity index (χ1) is 15.1. The molecule has 0 unspecified atom stereocenters. The van der Waals surface area contributed by atoms with Gasteiger partial charge < -0.3 is 0 Å². The summed E-state index contributed by atoms with van der Waals surface area (Å²) in [6.45, 7) is 1.09. The molecule has 0 saturated carbocycles. The summed E-state index contributed by atoms with van der Waals surface area (Å²) >= 11 is 1.03. The number of hydrogen-bond acceptors (Lipinski definition) is 6. The maximum atomic E-state index is 12.9. The lowest BCUT2D eigenvalue weighted by atomic mass is 9.88. The summed E-state index contributed by atoms with van der Waals surface area (Å²) < 4.78 is 32.2. The number of hydrogen-bond donors (Lipinski definition) is 1. The Balaban J connectivity index is 1.42. The van der Waals surface area contributed by atoms with Crippen molar-refractivity contribution in [2.45, 2.75) is 63.5 Å². The highest BCUT2D eigenvalue weighted by Crippen LogP contribution is 2.39. The summed E-state index contributed by atoms with van der Waals surface area (Å²) in [5, 5.41) is 0.280. The summed E-state index contributed by atoms with van der Waals surface area (Å²) in [5.74, 6) is 6.50. The minimum atomic E-state index is -3.69. The summed E-state index contributed by atoms with van der Waals surface area (Å²) in [5.41, 5.74) is 3.74. The molecule has 8 heteroatoms. The van der Waals surface area contributed by atoms with E-state index in [2.05, 4.69) is 49.0 Å². The minimum absolute atomic E-state index is 0.216. The fraction of sp³-hybridized carbons (Fsp3) is 0.478. The molecule has 1 aliphatic heterocycles. The molecule has 1 aromatic rings. The second-order valence-corrected chi connectivity index (χ2v) is 10.9. The molecule has 1 N–H and O–H groups in total. The summed E-state index contributed by atoms with van der Waals surface area (Å²) in [7, 11) is -3.69. The molecular formula is C23H26N4O2S2. The average Bonchev–Trinajstić information content (AvgIpc) is 3.38. The normalized spacial score (nSPS) is 26.5. The fourth-order valence-electron chi connectivity index (χ4n) is 5.10. The van der Waals surface area contributed by atoms with Crippen LogP contribution >= 0.6 is 11.5 Å². The molecule has 0 spiro atoms. The van der Waals surface area contributed by atoms with Crippen LogP contribution in [0.3, 0.4) is 0 Å². The average molecular weight is 455 g/mol. The Kier molecular flexibility index (Phi) is 5.83. The molecule has 0 bridgehead atoms. The zero-order valence-electron chi connectivity index (χ0n) is 17.4. The minimum Gasteiger partial charge on any atom is -0.289 e. The van der Waals surface area contributed by atoms with Crippen LogP contribution in [-0.4, -0.2) is 41.3 Å². The van der Waals surface area contributed by atoms with E-state index in [0.29, 0.717) is 10.9 Å². The molecule has 6 nitrogen and oxygen atoms in total. The first-order valence-corrected chi connectivity index (χ1v) is 13.2. The van der Waals surface area contributed by atoms with Crippen LogP contribution in [-0.2, 0) is 10.0 Å². The molecule has 1 saturated heterocycles. The Bertz CT molecular complexity index is 1130. The Morgan fingerprint density at radius 3 is 2.94 bits per heavy atom. The predicted octanol–water partition coefficient (Wildman–Crippen LogP) is 4.16. The van der Waals surface area contributed by atoms with E-state index in [4.69, 9.17) is 0 Å². The van der Waals surface area contributed by atoms with Gasteiger partial charge in [0.05, 0.1) is 4.91 Å². The van der Waals surface area contributed by atoms with Gasteiger partial charge in [-0.15, -0.1) is 0 Å². The van der Waals surface area contributed by atoms with Gasteiger partial charge >= 0.3 is 0 Å². The standard InChI is InChI=1S/C23H26N4O2S2/c28-31(29,26-23-24-16-25-30-23)19-9-6-10-20-18(15-19)12-13-22(20)27-14-5-4-11-21(27)17-7-2-1-3-8-17/h1-2,7,15-16,21-22H,3-5,8-9,11-14H2,(H,24,25,26)/t21-,22+/m1/s1. The Hall–Kier alpha value is -2.21. The number of allylic oxidation sites excluding steroid dienone is 6. The number of sulfonamides is 1. The third-order valence-corrected chi connectivity index (χ3v) is 8.66. The van der Waals surface area contributed by atoms with Crippen molar-refractivity contribution in [3.8, 4) is 11.8 Å². The van der Waals surface area contributed by atoms with Crippen molar-refractivity contribution < 1.29 is 8.42 Å². The molecule has 2 atom stereocenters. The van der Waals surface area contributed by atoms with E-state index in [0.717, 1.165) is 54.9 Å². The van der Waals surface area contributed by atoms with Crippen LogP contribution in [0.1, 0.15) is 51.4 Å². The predicted molar refractivity (Wildman–Crippen MR) is 124 cm³/mol. The smallest absolute Gasteiger partial charge is 0.260 e. The van der Waals surface area contributed by atoms with Crippen molar-refractivity contribution in [2.24, 2.45) is 0 Å². The van der Waals surface area contributed by atoms with Crippen LogP contribution in [0.2, 0.25) is 0 Å². The quantitative estimate of drug-likeness (QED) is 0.676. The van der Waals surface area contributed by atoms with E-state index in [1.54, 1.807) is 0 Å². The van der Waals surface area contributed by atoms with Gasteiger partial charge in [0.25, 0.3) is 10.0 Å². The van der Waals surface area contributed by atoms with Crippen LogP contribution < -0.4 is 4.72 Å². The zero-order chi connectivity index (χ0) is 21.3. The first-order valence-electron chi connectivity index (χ1n) is 10.9. The third kappa shape index (κ3) is 4.27. The summed E-state index contributed by atoms with van der Waals surface area (Å²) in [6.07, 6.45) is 18.0. The van der Waals surface area contributed by atoms with Crippen molar-refractivity contribution in [3.05, 3.63) is 52.3 Å². The number of rotatable bonds is 5. The molecule has 4 aliphatic rings. The van der Waals surface area contributed by atoms with Crippen LogP contribution in [0.15, 0.2) is 52.3 Å². The molecule has 1 aromatic heterocycles. The van der Waals surface area contributed by atoms with E-state index in [9.17, 15) is 8.42 Å². The fourth-order valence-corrected chi connectivity index (χ4v) is 6.84. The van der Waals surface area contributed by atoms with Gasteiger partial charge in [0.15, 0.2) is 0 Å². The number of anilines is 1. The highest BCUT2D eigenvalue weighted by molar-refractivity contribution is 7.96. The Labute approximate surface area is 188 Å². The monoisotopic (exact) mass is 454 g/mol. The highest BCUT2D eigenvalue weighted by Gasteiger charge is 2.36. The molecule has 3 aliphatic carbocycles. The summed E-state index contributed by atoms with van der Waals surface area (Å²) in [4.78, 5) is 6.90. The molecule has 2 heterocycles. The molecule has 5 rings (SSSR count). The van der Waals surface area contributed by atoms with Crippen LogP contribution in [0.25, 0.3) is 0 Å². The van der Waals surface area contributed by atoms with E-state index >= 15 is 0 Å². The van der Waals surface area contributed by atoms with Gasteiger partial charge in [-0.2, -0.15) is 4.37 Å². The van der Waals surface area contributed by atoms with Gasteiger partial charge in [-0.25, -0.2) is 13.4 Å². The van der Waals surface area contributed by atoms with E-state index in [-0.39, 0.29) is 17.6 Å². The second-order valence-electron chi connectivity index (χ2n) is 8.39. The van der Waals surface area contributed by atoms with E-state index in [1.807, 2.05) is 6.08 Å². The number of likely N-dealkylation sites (tertiary alicyclic amines) is 1. The molecule has 31 heavy (non-hydrogen) atoms. The molecular weight excluding hydrogens is 428 g/mol. The number of nitrogens with zero attached hydrogens (tertiary/aromatic N) is 3. The molecule has 1 fully saturated rings. The van der Waals surface area contributed by atoms with Crippen molar-refractivity contribution >= 4 is 26.7 Å². The number of piperidine rings is 1. The van der Waals surface area contributed by atoms with Crippen molar-refractivity contribution in [1.82, 2.24) is 14.3 Å². The van der Waals surface area contributed by atoms with Crippen LogP contribution in [0, 0.1) is 11.8 Å². The molecule has 0 amide bonds. The third-order valence-electron chi connectivity index (χ3n) is 6.53. The van der Waals surface area contributed by atoms with Crippen LogP contribution in [0.4, 0.5) is 5.13 Å². The van der Waals surface area contributed by atoms with Crippen molar-refractivity contribution in [1.29, 1.82) is 0 Å². The number of aromatic nitrogens is 2. The van der Waals surface area contributed by atoms with Gasteiger partial charge in [0.1, 0.15) is 6.33 Å². The Morgan fingerprint density at radius 2 is 2.13 bits per heavy atom. The molecule has 162 valence electrons. The Morgan fingerprint density at radius 1 is 1.19 bits per heavy atom. The van der Waals surface area contributed by atoms with Crippen LogP contribution in [0.5, 0.6) is 0 Å².